The summed E-state index contributed by atoms with van der Waals surface area (Å²) < 4.78 is 92.0. The van der Waals surface area contributed by atoms with Gasteiger partial charge in [-0.25, -0.2) is 9.59 Å². The summed E-state index contributed by atoms with van der Waals surface area (Å²) in [4.78, 5) is 38.8. The van der Waals surface area contributed by atoms with Gasteiger partial charge in [0.2, 0.25) is 0 Å². The fourth-order valence-electron chi connectivity index (χ4n) is 4.85. The van der Waals surface area contributed by atoms with Crippen molar-refractivity contribution in [3.05, 3.63) is 93.3 Å². The van der Waals surface area contributed by atoms with Crippen LogP contribution in [0.2, 0.25) is 0 Å². The maximum absolute atomic E-state index is 14.0. The Morgan fingerprint density at radius 3 is 1.98 bits per heavy atom. The van der Waals surface area contributed by atoms with E-state index in [1.807, 2.05) is 0 Å². The molecule has 15 heteroatoms. The van der Waals surface area contributed by atoms with Gasteiger partial charge in [-0.15, -0.1) is 10.2 Å². The number of halogens is 6. The number of rotatable bonds is 9. The van der Waals surface area contributed by atoms with Crippen LogP contribution in [0.5, 0.6) is 0 Å². The van der Waals surface area contributed by atoms with E-state index in [9.17, 15) is 40.7 Å². The summed E-state index contributed by atoms with van der Waals surface area (Å²) in [5, 5.41) is 11.5. The zero-order valence-corrected chi connectivity index (χ0v) is 23.5. The zero-order valence-electron chi connectivity index (χ0n) is 23.5. The number of hydrogen-bond donors (Lipinski definition) is 2. The van der Waals surface area contributed by atoms with Gasteiger partial charge in [0.15, 0.2) is 0 Å². The maximum atomic E-state index is 14.0. The minimum atomic E-state index is -4.81. The van der Waals surface area contributed by atoms with Gasteiger partial charge in [0.1, 0.15) is 6.61 Å². The van der Waals surface area contributed by atoms with E-state index in [0.717, 1.165) is 30.3 Å². The number of benzene rings is 2. The lowest BCUT2D eigenvalue weighted by Crippen LogP contribution is -2.34. The van der Waals surface area contributed by atoms with E-state index in [1.165, 1.54) is 39.0 Å². The number of nitrogens with zero attached hydrogens (tertiary/aromatic N) is 2. The molecule has 2 aromatic carbocycles. The highest BCUT2D eigenvalue weighted by molar-refractivity contribution is 6.00. The number of carbonyl (C=O) groups is 3. The molecule has 0 bridgehead atoms. The molecular weight excluding hydrogens is 598 g/mol. The third-order valence-corrected chi connectivity index (χ3v) is 6.92. The molecule has 0 saturated heterocycles. The largest absolute Gasteiger partial charge is 0.463 e. The van der Waals surface area contributed by atoms with Crippen LogP contribution in [0.4, 0.5) is 26.3 Å². The molecule has 2 heterocycles. The number of ether oxygens (including phenoxy) is 2. The van der Waals surface area contributed by atoms with Crippen LogP contribution in [0, 0.1) is 0 Å². The van der Waals surface area contributed by atoms with Gasteiger partial charge >= 0.3 is 30.0 Å². The number of esters is 2. The zero-order chi connectivity index (χ0) is 32.4. The van der Waals surface area contributed by atoms with Gasteiger partial charge in [0.05, 0.1) is 35.8 Å². The van der Waals surface area contributed by atoms with E-state index in [4.69, 9.17) is 9.47 Å². The molecule has 2 N–H and O–H groups in total. The molecule has 0 unspecified atom stereocenters. The van der Waals surface area contributed by atoms with Gasteiger partial charge in [-0.3, -0.25) is 4.79 Å². The molecule has 1 atom stereocenters. The number of alkyl halides is 6. The average molecular weight is 625 g/mol. The summed E-state index contributed by atoms with van der Waals surface area (Å²) in [6.07, 6.45) is -9.53. The van der Waals surface area contributed by atoms with Crippen LogP contribution in [-0.2, 0) is 30.9 Å². The normalized spacial score (nSPS) is 17.6. The molecule has 0 radical (unpaired) electrons. The number of dihydropyridines is 1. The van der Waals surface area contributed by atoms with E-state index in [2.05, 4.69) is 20.9 Å². The first kappa shape index (κ1) is 32.2. The van der Waals surface area contributed by atoms with Crippen LogP contribution >= 0.6 is 0 Å². The molecule has 2 aliphatic heterocycles. The molecule has 2 aromatic rings. The van der Waals surface area contributed by atoms with Gasteiger partial charge in [-0.2, -0.15) is 26.3 Å². The Kier molecular flexibility index (Phi) is 8.88. The molecule has 9 nitrogen and oxygen atoms in total. The lowest BCUT2D eigenvalue weighted by atomic mass is 9.78. The summed E-state index contributed by atoms with van der Waals surface area (Å²) in [6, 6.07) is 9.00. The molecule has 0 fully saturated rings. The van der Waals surface area contributed by atoms with Crippen molar-refractivity contribution in [3.8, 4) is 0 Å². The minimum absolute atomic E-state index is 0.0107. The highest BCUT2D eigenvalue weighted by Gasteiger charge is 2.65. The van der Waals surface area contributed by atoms with Gasteiger partial charge in [0.25, 0.3) is 5.91 Å². The van der Waals surface area contributed by atoms with Gasteiger partial charge in [-0.05, 0) is 44.5 Å². The maximum Gasteiger partial charge on any atom is 0.442 e. The van der Waals surface area contributed by atoms with Crippen molar-refractivity contribution in [2.45, 2.75) is 44.7 Å². The highest BCUT2D eigenvalue weighted by atomic mass is 19.4. The third-order valence-electron chi connectivity index (χ3n) is 6.92. The van der Waals surface area contributed by atoms with Crippen molar-refractivity contribution in [2.24, 2.45) is 10.2 Å². The predicted octanol–water partition coefficient (Wildman–Crippen LogP) is 5.66. The lowest BCUT2D eigenvalue weighted by molar-refractivity contribution is -0.166. The minimum Gasteiger partial charge on any atom is -0.463 e. The number of carbonyl (C=O) groups excluding carboxylic acids is 3. The van der Waals surface area contributed by atoms with Crippen LogP contribution in [0.3, 0.4) is 0 Å². The second kappa shape index (κ2) is 12.1. The molecule has 44 heavy (non-hydrogen) atoms. The molecular formula is C29H26F6N4O5. The Morgan fingerprint density at radius 1 is 0.886 bits per heavy atom. The van der Waals surface area contributed by atoms with Crippen molar-refractivity contribution in [1.29, 1.82) is 0 Å². The van der Waals surface area contributed by atoms with E-state index < -0.39 is 53.9 Å². The molecule has 0 aliphatic carbocycles. The van der Waals surface area contributed by atoms with Gasteiger partial charge in [-0.1, -0.05) is 30.3 Å². The van der Waals surface area contributed by atoms with Crippen molar-refractivity contribution in [2.75, 3.05) is 19.8 Å². The highest BCUT2D eigenvalue weighted by Crippen LogP contribution is 2.52. The average Bonchev–Trinajstić information content (AvgIpc) is 3.77. The molecule has 2 aliphatic rings. The smallest absolute Gasteiger partial charge is 0.442 e. The first-order valence-electron chi connectivity index (χ1n) is 13.2. The number of nitrogens with one attached hydrogen (secondary N) is 2. The quantitative estimate of drug-likeness (QED) is 0.211. The summed E-state index contributed by atoms with van der Waals surface area (Å²) in [7, 11) is 0. The summed E-state index contributed by atoms with van der Waals surface area (Å²) in [6.45, 7) is 3.72. The Hall–Kier alpha value is -4.69. The standard InChI is InChI=1S/C29H26F6N4O5/c1-4-43-25(41)21-15(2)37-16(3)22(23(21)19-7-5-6-8-20(19)28(30,31)32)26(42)44-14-13-36-24(40)17-9-11-18(12-10-17)27(38-39-27)29(33,34)35/h5-12,23,37H,4,13-14H2,1-3H3,(H,36,40)/t23-/m0/s1. The third kappa shape index (κ3) is 6.31. The Balaban J connectivity index is 1.49. The SMILES string of the molecule is CCOC(=O)C1=C(C)NC(C)=C(C(=O)OCCNC(=O)c2ccc(C3(C(F)(F)F)N=N3)cc2)[C@H]1c1ccccc1C(F)(F)F. The van der Waals surface area contributed by atoms with E-state index in [-0.39, 0.29) is 52.4 Å². The fourth-order valence-corrected chi connectivity index (χ4v) is 4.85. The van der Waals surface area contributed by atoms with Crippen molar-refractivity contribution < 1.29 is 50.2 Å². The van der Waals surface area contributed by atoms with Crippen molar-refractivity contribution in [1.82, 2.24) is 10.6 Å². The fraction of sp³-hybridized carbons (Fsp3) is 0.345. The van der Waals surface area contributed by atoms with E-state index in [0.29, 0.717) is 0 Å². The first-order chi connectivity index (χ1) is 20.6. The topological polar surface area (TPSA) is 118 Å². The molecule has 0 aromatic heterocycles. The van der Waals surface area contributed by atoms with Crippen LogP contribution in [0.25, 0.3) is 0 Å². The molecule has 0 saturated carbocycles. The van der Waals surface area contributed by atoms with Crippen molar-refractivity contribution >= 4 is 17.8 Å². The van der Waals surface area contributed by atoms with Crippen LogP contribution in [0.1, 0.15) is 53.7 Å². The Morgan fingerprint density at radius 2 is 1.45 bits per heavy atom. The summed E-state index contributed by atoms with van der Waals surface area (Å²) in [5.74, 6) is -4.13. The summed E-state index contributed by atoms with van der Waals surface area (Å²) >= 11 is 0. The molecule has 0 spiro atoms. The monoisotopic (exact) mass is 624 g/mol. The number of allylic oxidation sites excluding steroid dienone is 2. The lowest BCUT2D eigenvalue weighted by Gasteiger charge is -2.31. The second-order valence-corrected chi connectivity index (χ2v) is 9.78. The van der Waals surface area contributed by atoms with Gasteiger partial charge in [0, 0.05) is 22.5 Å². The Bertz CT molecular complexity index is 1560. The van der Waals surface area contributed by atoms with Crippen LogP contribution in [0.15, 0.2) is 81.3 Å². The molecule has 1 amide bonds. The summed E-state index contributed by atoms with van der Waals surface area (Å²) in [5.41, 5.74) is -4.39. The van der Waals surface area contributed by atoms with Crippen LogP contribution in [-0.4, -0.2) is 43.8 Å². The number of amides is 1. The molecule has 234 valence electrons. The van der Waals surface area contributed by atoms with Crippen molar-refractivity contribution in [3.63, 3.8) is 0 Å². The Labute approximate surface area is 247 Å². The predicted molar refractivity (Wildman–Crippen MR) is 142 cm³/mol. The van der Waals surface area contributed by atoms with E-state index >= 15 is 0 Å². The van der Waals surface area contributed by atoms with Crippen LogP contribution < -0.4 is 10.6 Å². The second-order valence-electron chi connectivity index (χ2n) is 9.78. The van der Waals surface area contributed by atoms with E-state index in [1.54, 1.807) is 0 Å². The number of hydrogen-bond acceptors (Lipinski definition) is 8. The van der Waals surface area contributed by atoms with Gasteiger partial charge < -0.3 is 20.1 Å². The molecule has 4 rings (SSSR count). The first-order valence-corrected chi connectivity index (χ1v) is 13.2.